The van der Waals surface area contributed by atoms with Crippen molar-refractivity contribution >= 4 is 16.8 Å². The molecule has 0 spiro atoms. The van der Waals surface area contributed by atoms with Crippen LogP contribution in [-0.2, 0) is 24.3 Å². The molecule has 186 valence electrons. The summed E-state index contributed by atoms with van der Waals surface area (Å²) in [7, 11) is 1.68. The van der Waals surface area contributed by atoms with Crippen molar-refractivity contribution in [3.8, 4) is 5.75 Å². The molecule has 0 fully saturated rings. The average Bonchev–Trinajstić information content (AvgIpc) is 3.31. The highest BCUT2D eigenvalue weighted by molar-refractivity contribution is 5.86. The van der Waals surface area contributed by atoms with Gasteiger partial charge in [0.2, 0.25) is 5.91 Å². The summed E-state index contributed by atoms with van der Waals surface area (Å²) in [6.45, 7) is 1.29. The minimum absolute atomic E-state index is 0.0557. The SMILES string of the molecule is COc1ccc(Cn2cc([C@@H](CC(=O)NCc3ccccc3)Cc3ccccc3)c3ccccc32)cc1. The number of hydrogen-bond acceptors (Lipinski definition) is 2. The molecule has 1 N–H and O–H groups in total. The lowest BCUT2D eigenvalue weighted by atomic mass is 9.88. The standard InChI is InChI=1S/C33H32N2O2/c1-37-29-18-16-27(17-19-29)23-35-24-31(30-14-8-9-15-32(30)35)28(20-25-10-4-2-5-11-25)21-33(36)34-22-26-12-6-3-7-13-26/h2-19,24,28H,20-23H2,1H3,(H,34,36)/t28-/m1/s1. The van der Waals surface area contributed by atoms with Crippen LogP contribution in [0.4, 0.5) is 0 Å². The fraction of sp³-hybridized carbons (Fsp3) is 0.182. The molecule has 4 heteroatoms. The van der Waals surface area contributed by atoms with Crippen molar-refractivity contribution in [3.63, 3.8) is 0 Å². The van der Waals surface area contributed by atoms with Crippen molar-refractivity contribution in [1.29, 1.82) is 0 Å². The Hall–Kier alpha value is -4.31. The topological polar surface area (TPSA) is 43.3 Å². The van der Waals surface area contributed by atoms with E-state index in [-0.39, 0.29) is 11.8 Å². The summed E-state index contributed by atoms with van der Waals surface area (Å²) in [6, 6.07) is 37.2. The summed E-state index contributed by atoms with van der Waals surface area (Å²) in [6.07, 6.45) is 3.47. The predicted octanol–water partition coefficient (Wildman–Crippen LogP) is 6.73. The van der Waals surface area contributed by atoms with Gasteiger partial charge in [0.05, 0.1) is 7.11 Å². The quantitative estimate of drug-likeness (QED) is 0.237. The molecule has 0 aliphatic rings. The van der Waals surface area contributed by atoms with E-state index in [1.54, 1.807) is 7.11 Å². The summed E-state index contributed by atoms with van der Waals surface area (Å²) in [4.78, 5) is 13.2. The molecule has 0 saturated heterocycles. The monoisotopic (exact) mass is 488 g/mol. The predicted molar refractivity (Wildman–Crippen MR) is 150 cm³/mol. The molecule has 0 unspecified atom stereocenters. The largest absolute Gasteiger partial charge is 0.497 e. The number of rotatable bonds is 10. The molecule has 5 rings (SSSR count). The van der Waals surface area contributed by atoms with Gasteiger partial charge in [0, 0.05) is 36.6 Å². The Morgan fingerprint density at radius 3 is 2.14 bits per heavy atom. The molecule has 5 aromatic rings. The van der Waals surface area contributed by atoms with Gasteiger partial charge in [0.15, 0.2) is 0 Å². The maximum absolute atomic E-state index is 13.2. The summed E-state index contributed by atoms with van der Waals surface area (Å²) in [5.41, 5.74) is 5.93. The van der Waals surface area contributed by atoms with E-state index in [2.05, 4.69) is 76.7 Å². The van der Waals surface area contributed by atoms with E-state index in [0.717, 1.165) is 24.3 Å². The molecule has 0 aliphatic heterocycles. The summed E-state index contributed by atoms with van der Waals surface area (Å²) >= 11 is 0. The molecule has 1 amide bonds. The van der Waals surface area contributed by atoms with Gasteiger partial charge in [-0.15, -0.1) is 0 Å². The van der Waals surface area contributed by atoms with E-state index >= 15 is 0 Å². The third-order valence-corrected chi connectivity index (χ3v) is 6.86. The van der Waals surface area contributed by atoms with E-state index in [4.69, 9.17) is 4.74 Å². The van der Waals surface area contributed by atoms with Crippen LogP contribution in [0.2, 0.25) is 0 Å². The Balaban J connectivity index is 1.44. The van der Waals surface area contributed by atoms with E-state index in [1.165, 1.54) is 27.6 Å². The lowest BCUT2D eigenvalue weighted by Gasteiger charge is -2.17. The van der Waals surface area contributed by atoms with E-state index < -0.39 is 0 Å². The molecule has 0 saturated carbocycles. The number of methoxy groups -OCH3 is 1. The fourth-order valence-electron chi connectivity index (χ4n) is 4.94. The Kier molecular flexibility index (Phi) is 7.66. The Morgan fingerprint density at radius 2 is 1.43 bits per heavy atom. The number of ether oxygens (including phenoxy) is 1. The molecule has 0 radical (unpaired) electrons. The van der Waals surface area contributed by atoms with Crippen LogP contribution in [0.3, 0.4) is 0 Å². The zero-order valence-electron chi connectivity index (χ0n) is 21.1. The van der Waals surface area contributed by atoms with E-state index in [1.807, 2.05) is 48.5 Å². The number of fused-ring (bicyclic) bond motifs is 1. The zero-order chi connectivity index (χ0) is 25.5. The fourth-order valence-corrected chi connectivity index (χ4v) is 4.94. The van der Waals surface area contributed by atoms with Crippen molar-refractivity contribution in [3.05, 3.63) is 138 Å². The number of carbonyl (C=O) groups excluding carboxylic acids is 1. The van der Waals surface area contributed by atoms with Crippen LogP contribution in [-0.4, -0.2) is 17.6 Å². The summed E-state index contributed by atoms with van der Waals surface area (Å²) in [5.74, 6) is 0.975. The van der Waals surface area contributed by atoms with Crippen LogP contribution in [0.1, 0.15) is 34.6 Å². The van der Waals surface area contributed by atoms with Crippen molar-refractivity contribution in [2.24, 2.45) is 0 Å². The Morgan fingerprint density at radius 1 is 0.784 bits per heavy atom. The first kappa shape index (κ1) is 24.4. The average molecular weight is 489 g/mol. The number of nitrogens with zero attached hydrogens (tertiary/aromatic N) is 1. The zero-order valence-corrected chi connectivity index (χ0v) is 21.1. The lowest BCUT2D eigenvalue weighted by molar-refractivity contribution is -0.121. The van der Waals surface area contributed by atoms with E-state index in [0.29, 0.717) is 13.0 Å². The number of amides is 1. The first-order chi connectivity index (χ1) is 18.2. The number of carbonyl (C=O) groups is 1. The third kappa shape index (κ3) is 6.10. The van der Waals surface area contributed by atoms with Crippen LogP contribution >= 0.6 is 0 Å². The molecule has 1 heterocycles. The second-order valence-electron chi connectivity index (χ2n) is 9.43. The lowest BCUT2D eigenvalue weighted by Crippen LogP contribution is -2.25. The maximum Gasteiger partial charge on any atom is 0.220 e. The second-order valence-corrected chi connectivity index (χ2v) is 9.43. The molecule has 4 aromatic carbocycles. The van der Waals surface area contributed by atoms with Gasteiger partial charge in [-0.2, -0.15) is 0 Å². The van der Waals surface area contributed by atoms with Crippen LogP contribution in [0.25, 0.3) is 10.9 Å². The molecule has 0 aliphatic carbocycles. The number of aromatic nitrogens is 1. The van der Waals surface area contributed by atoms with Gasteiger partial charge < -0.3 is 14.6 Å². The van der Waals surface area contributed by atoms with Gasteiger partial charge in [-0.3, -0.25) is 4.79 Å². The van der Waals surface area contributed by atoms with Crippen molar-refractivity contribution in [2.45, 2.75) is 31.8 Å². The van der Waals surface area contributed by atoms with Gasteiger partial charge in [-0.05, 0) is 52.8 Å². The first-order valence-electron chi connectivity index (χ1n) is 12.7. The highest BCUT2D eigenvalue weighted by Gasteiger charge is 2.22. The summed E-state index contributed by atoms with van der Waals surface area (Å²) < 4.78 is 7.62. The smallest absolute Gasteiger partial charge is 0.220 e. The highest BCUT2D eigenvalue weighted by Crippen LogP contribution is 2.33. The molecule has 0 bridgehead atoms. The van der Waals surface area contributed by atoms with Crippen molar-refractivity contribution < 1.29 is 9.53 Å². The van der Waals surface area contributed by atoms with Gasteiger partial charge in [0.1, 0.15) is 5.75 Å². The normalized spacial score (nSPS) is 11.8. The Bertz CT molecular complexity index is 1440. The number of hydrogen-bond donors (Lipinski definition) is 1. The maximum atomic E-state index is 13.2. The van der Waals surface area contributed by atoms with Gasteiger partial charge in [-0.1, -0.05) is 91.0 Å². The minimum atomic E-state index is 0.0557. The third-order valence-electron chi connectivity index (χ3n) is 6.86. The van der Waals surface area contributed by atoms with E-state index in [9.17, 15) is 4.79 Å². The van der Waals surface area contributed by atoms with Crippen LogP contribution < -0.4 is 10.1 Å². The second kappa shape index (κ2) is 11.6. The minimum Gasteiger partial charge on any atom is -0.497 e. The number of benzene rings is 4. The van der Waals surface area contributed by atoms with Crippen molar-refractivity contribution in [1.82, 2.24) is 9.88 Å². The van der Waals surface area contributed by atoms with Crippen LogP contribution in [0.15, 0.2) is 115 Å². The van der Waals surface area contributed by atoms with Crippen LogP contribution in [0.5, 0.6) is 5.75 Å². The highest BCUT2D eigenvalue weighted by atomic mass is 16.5. The number of nitrogens with one attached hydrogen (secondary N) is 1. The molecular weight excluding hydrogens is 456 g/mol. The van der Waals surface area contributed by atoms with Gasteiger partial charge in [0.25, 0.3) is 0 Å². The van der Waals surface area contributed by atoms with Gasteiger partial charge >= 0.3 is 0 Å². The molecule has 37 heavy (non-hydrogen) atoms. The first-order valence-corrected chi connectivity index (χ1v) is 12.7. The van der Waals surface area contributed by atoms with Gasteiger partial charge in [-0.25, -0.2) is 0 Å². The molecule has 1 atom stereocenters. The Labute approximate surface area is 218 Å². The number of para-hydroxylation sites is 1. The molecule has 1 aromatic heterocycles. The van der Waals surface area contributed by atoms with Crippen molar-refractivity contribution in [2.75, 3.05) is 7.11 Å². The molecular formula is C33H32N2O2. The van der Waals surface area contributed by atoms with Crippen LogP contribution in [0, 0.1) is 0 Å². The molecule has 4 nitrogen and oxygen atoms in total. The summed E-state index contributed by atoms with van der Waals surface area (Å²) in [5, 5.41) is 4.33.